The number of rotatable bonds is 5. The quantitative estimate of drug-likeness (QED) is 0.491. The van der Waals surface area contributed by atoms with Crippen molar-refractivity contribution in [2.24, 2.45) is 0 Å². The van der Waals surface area contributed by atoms with Crippen LogP contribution in [-0.4, -0.2) is 39.4 Å². The van der Waals surface area contributed by atoms with Gasteiger partial charge < -0.3 is 19.9 Å². The normalized spacial score (nSPS) is 18.8. The Bertz CT molecular complexity index is 1220. The third-order valence-corrected chi connectivity index (χ3v) is 5.71. The number of para-hydroxylation sites is 1. The highest BCUT2D eigenvalue weighted by Crippen LogP contribution is 2.31. The number of pyridine rings is 1. The van der Waals surface area contributed by atoms with Crippen LogP contribution in [-0.2, 0) is 0 Å². The summed E-state index contributed by atoms with van der Waals surface area (Å²) in [6.07, 6.45) is 6.68. The Morgan fingerprint density at radius 3 is 2.74 bits per heavy atom. The van der Waals surface area contributed by atoms with Crippen molar-refractivity contribution in [1.82, 2.24) is 15.0 Å². The van der Waals surface area contributed by atoms with Crippen LogP contribution in [0.5, 0.6) is 11.5 Å². The van der Waals surface area contributed by atoms with E-state index < -0.39 is 0 Å². The van der Waals surface area contributed by atoms with Crippen molar-refractivity contribution in [2.45, 2.75) is 37.9 Å². The van der Waals surface area contributed by atoms with Crippen LogP contribution in [0.4, 0.5) is 11.6 Å². The summed E-state index contributed by atoms with van der Waals surface area (Å²) < 4.78 is 11.6. The molecule has 1 aliphatic rings. The first-order valence-electron chi connectivity index (χ1n) is 10.5. The number of aliphatic hydroxyl groups is 1. The predicted molar refractivity (Wildman–Crippen MR) is 120 cm³/mol. The van der Waals surface area contributed by atoms with Gasteiger partial charge in [0.15, 0.2) is 0 Å². The molecule has 1 fully saturated rings. The Balaban J connectivity index is 1.45. The van der Waals surface area contributed by atoms with Crippen LogP contribution in [0.15, 0.2) is 54.9 Å². The zero-order valence-corrected chi connectivity index (χ0v) is 17.3. The van der Waals surface area contributed by atoms with Crippen molar-refractivity contribution in [1.29, 1.82) is 0 Å². The molecule has 158 valence electrons. The van der Waals surface area contributed by atoms with Gasteiger partial charge in [-0.2, -0.15) is 0 Å². The van der Waals surface area contributed by atoms with Crippen LogP contribution < -0.4 is 14.8 Å². The molecule has 31 heavy (non-hydrogen) atoms. The molecule has 0 amide bonds. The van der Waals surface area contributed by atoms with Gasteiger partial charge in [-0.05, 0) is 49.9 Å². The summed E-state index contributed by atoms with van der Waals surface area (Å²) in [6.45, 7) is 0. The molecule has 2 N–H and O–H groups in total. The van der Waals surface area contributed by atoms with Gasteiger partial charge >= 0.3 is 0 Å². The van der Waals surface area contributed by atoms with Gasteiger partial charge in [-0.15, -0.1) is 0 Å². The van der Waals surface area contributed by atoms with Gasteiger partial charge in [0.25, 0.3) is 0 Å². The smallest absolute Gasteiger partial charge is 0.227 e. The number of fused-ring (bicyclic) bond motifs is 2. The van der Waals surface area contributed by atoms with Gasteiger partial charge in [0, 0.05) is 29.2 Å². The number of hydrogen-bond donors (Lipinski definition) is 2. The number of anilines is 2. The number of hydrogen-bond acceptors (Lipinski definition) is 7. The number of nitrogens with one attached hydrogen (secondary N) is 1. The molecule has 0 saturated heterocycles. The number of ether oxygens (including phenoxy) is 2. The summed E-state index contributed by atoms with van der Waals surface area (Å²) in [7, 11) is 1.64. The molecule has 7 nitrogen and oxygen atoms in total. The fraction of sp³-hybridized carbons (Fsp3) is 0.292. The maximum absolute atomic E-state index is 9.75. The lowest BCUT2D eigenvalue weighted by atomic mass is 9.95. The summed E-state index contributed by atoms with van der Waals surface area (Å²) in [6, 6.07) is 13.5. The van der Waals surface area contributed by atoms with Crippen molar-refractivity contribution >= 4 is 33.4 Å². The first-order chi connectivity index (χ1) is 15.2. The number of aromatic nitrogens is 3. The first kappa shape index (κ1) is 19.5. The fourth-order valence-corrected chi connectivity index (χ4v) is 4.01. The van der Waals surface area contributed by atoms with E-state index in [1.807, 2.05) is 42.5 Å². The summed E-state index contributed by atoms with van der Waals surface area (Å²) in [5, 5.41) is 14.9. The zero-order chi connectivity index (χ0) is 21.2. The molecule has 0 radical (unpaired) electrons. The molecule has 0 bridgehead atoms. The Hall–Kier alpha value is -3.45. The Morgan fingerprint density at radius 1 is 1.03 bits per heavy atom. The monoisotopic (exact) mass is 416 g/mol. The van der Waals surface area contributed by atoms with Gasteiger partial charge in [0.1, 0.15) is 17.0 Å². The molecule has 2 aromatic carbocycles. The number of methoxy groups -OCH3 is 1. The van der Waals surface area contributed by atoms with Crippen LogP contribution in [0, 0.1) is 0 Å². The number of benzene rings is 2. The van der Waals surface area contributed by atoms with Crippen LogP contribution in [0.2, 0.25) is 0 Å². The molecule has 4 aromatic rings. The van der Waals surface area contributed by atoms with Crippen molar-refractivity contribution in [3.63, 3.8) is 0 Å². The molecule has 0 aliphatic heterocycles. The molecule has 5 rings (SSSR count). The van der Waals surface area contributed by atoms with E-state index in [4.69, 9.17) is 14.5 Å². The second-order valence-corrected chi connectivity index (χ2v) is 7.80. The highest BCUT2D eigenvalue weighted by atomic mass is 16.5. The lowest BCUT2D eigenvalue weighted by Gasteiger charge is -2.26. The topological polar surface area (TPSA) is 89.4 Å². The highest BCUT2D eigenvalue weighted by molar-refractivity contribution is 5.93. The van der Waals surface area contributed by atoms with E-state index in [0.717, 1.165) is 64.7 Å². The summed E-state index contributed by atoms with van der Waals surface area (Å²) in [5.41, 5.74) is 2.46. The molecule has 0 spiro atoms. The van der Waals surface area contributed by atoms with Gasteiger partial charge in [-0.25, -0.2) is 9.97 Å². The number of nitrogens with zero attached hydrogens (tertiary/aromatic N) is 3. The third-order valence-electron chi connectivity index (χ3n) is 5.71. The van der Waals surface area contributed by atoms with Gasteiger partial charge in [0.2, 0.25) is 5.95 Å². The summed E-state index contributed by atoms with van der Waals surface area (Å²) in [5.74, 6) is 2.00. The standard InChI is InChI=1S/C24H24N4O3/c1-30-18-9-10-19-20(11-12-25-21(19)13-18)27-24-26-14-15-3-2-4-22(23(15)28-24)31-17-7-5-16(29)6-8-17/h2-4,9-14,16-17,29H,5-8H2,1H3,(H,25,26,27,28)/t16-,17+. The van der Waals surface area contributed by atoms with E-state index in [9.17, 15) is 5.11 Å². The van der Waals surface area contributed by atoms with Gasteiger partial charge in [-0.1, -0.05) is 12.1 Å². The minimum atomic E-state index is -0.208. The second kappa shape index (κ2) is 8.35. The van der Waals surface area contributed by atoms with Crippen LogP contribution >= 0.6 is 0 Å². The van der Waals surface area contributed by atoms with E-state index in [1.165, 1.54) is 0 Å². The summed E-state index contributed by atoms with van der Waals surface area (Å²) >= 11 is 0. The first-order valence-corrected chi connectivity index (χ1v) is 10.5. The average molecular weight is 416 g/mol. The maximum Gasteiger partial charge on any atom is 0.227 e. The Morgan fingerprint density at radius 2 is 1.90 bits per heavy atom. The van der Waals surface area contributed by atoms with Crippen molar-refractivity contribution in [2.75, 3.05) is 12.4 Å². The lowest BCUT2D eigenvalue weighted by molar-refractivity contribution is 0.0672. The molecular formula is C24H24N4O3. The van der Waals surface area contributed by atoms with Gasteiger partial charge in [0.05, 0.1) is 30.5 Å². The second-order valence-electron chi connectivity index (χ2n) is 7.80. The van der Waals surface area contributed by atoms with Crippen molar-refractivity contribution in [3.8, 4) is 11.5 Å². The van der Waals surface area contributed by atoms with E-state index in [0.29, 0.717) is 5.95 Å². The molecule has 0 atom stereocenters. The minimum absolute atomic E-state index is 0.0968. The SMILES string of the molecule is COc1ccc2c(Nc3ncc4cccc(O[C@H]5CC[C@@H](O)CC5)c4n3)ccnc2c1. The fourth-order valence-electron chi connectivity index (χ4n) is 4.01. The van der Waals surface area contributed by atoms with Crippen LogP contribution in [0.3, 0.4) is 0 Å². The lowest BCUT2D eigenvalue weighted by Crippen LogP contribution is -2.26. The van der Waals surface area contributed by atoms with E-state index in [2.05, 4.69) is 15.3 Å². The Labute approximate surface area is 180 Å². The average Bonchev–Trinajstić information content (AvgIpc) is 2.81. The molecule has 1 saturated carbocycles. The summed E-state index contributed by atoms with van der Waals surface area (Å²) in [4.78, 5) is 13.7. The Kier molecular flexibility index (Phi) is 5.26. The largest absolute Gasteiger partial charge is 0.497 e. The van der Waals surface area contributed by atoms with Crippen molar-refractivity contribution in [3.05, 3.63) is 54.9 Å². The third kappa shape index (κ3) is 4.09. The molecule has 2 heterocycles. The van der Waals surface area contributed by atoms with E-state index >= 15 is 0 Å². The van der Waals surface area contributed by atoms with Gasteiger partial charge in [-0.3, -0.25) is 4.98 Å². The van der Waals surface area contributed by atoms with Crippen molar-refractivity contribution < 1.29 is 14.6 Å². The molecule has 7 heteroatoms. The predicted octanol–water partition coefficient (Wildman–Crippen LogP) is 4.61. The number of aliphatic hydroxyl groups excluding tert-OH is 1. The van der Waals surface area contributed by atoms with E-state index in [-0.39, 0.29) is 12.2 Å². The minimum Gasteiger partial charge on any atom is -0.497 e. The molecule has 0 unspecified atom stereocenters. The van der Waals surface area contributed by atoms with E-state index in [1.54, 1.807) is 19.5 Å². The maximum atomic E-state index is 9.75. The molecular weight excluding hydrogens is 392 g/mol. The van der Waals surface area contributed by atoms with Crippen LogP contribution in [0.25, 0.3) is 21.8 Å². The molecule has 2 aromatic heterocycles. The zero-order valence-electron chi connectivity index (χ0n) is 17.3. The highest BCUT2D eigenvalue weighted by Gasteiger charge is 2.21. The molecule has 1 aliphatic carbocycles. The van der Waals surface area contributed by atoms with Crippen LogP contribution in [0.1, 0.15) is 25.7 Å².